The van der Waals surface area contributed by atoms with Crippen molar-refractivity contribution >= 4 is 11.6 Å². The number of amides is 1. The molecule has 30 heavy (non-hydrogen) atoms. The molecule has 4 rings (SSSR count). The van der Waals surface area contributed by atoms with Crippen molar-refractivity contribution in [3.63, 3.8) is 0 Å². The number of hydrogen-bond donors (Lipinski definition) is 1. The molecule has 0 saturated carbocycles. The number of carbonyl (C=O) groups is 1. The first kappa shape index (κ1) is 19.5. The molecule has 2 aromatic heterocycles. The van der Waals surface area contributed by atoms with Crippen molar-refractivity contribution in [1.82, 2.24) is 14.8 Å². The van der Waals surface area contributed by atoms with E-state index in [9.17, 15) is 13.6 Å². The minimum absolute atomic E-state index is 0.0432. The van der Waals surface area contributed by atoms with Gasteiger partial charge in [-0.3, -0.25) is 9.48 Å². The van der Waals surface area contributed by atoms with Gasteiger partial charge >= 0.3 is 0 Å². The van der Waals surface area contributed by atoms with Gasteiger partial charge in [-0.15, -0.1) is 0 Å². The van der Waals surface area contributed by atoms with Crippen molar-refractivity contribution in [3.05, 3.63) is 77.3 Å². The summed E-state index contributed by atoms with van der Waals surface area (Å²) in [5.74, 6) is -0.789. The quantitative estimate of drug-likeness (QED) is 0.522. The molecule has 2 heterocycles. The molecule has 4 aromatic rings. The van der Waals surface area contributed by atoms with E-state index in [0.717, 1.165) is 23.6 Å². The van der Waals surface area contributed by atoms with Crippen molar-refractivity contribution < 1.29 is 18.0 Å². The number of carbonyl (C=O) groups excluding carboxylic acids is 1. The van der Waals surface area contributed by atoms with Crippen LogP contribution in [0.25, 0.3) is 22.7 Å². The van der Waals surface area contributed by atoms with Gasteiger partial charge in [-0.05, 0) is 44.2 Å². The zero-order valence-corrected chi connectivity index (χ0v) is 16.5. The van der Waals surface area contributed by atoms with Crippen LogP contribution in [0.1, 0.15) is 21.8 Å². The highest BCUT2D eigenvalue weighted by atomic mass is 19.1. The Balaban J connectivity index is 1.65. The zero-order chi connectivity index (χ0) is 21.4. The molecule has 152 valence electrons. The number of halogens is 2. The van der Waals surface area contributed by atoms with E-state index in [-0.39, 0.29) is 16.8 Å². The Kier molecular flexibility index (Phi) is 4.91. The van der Waals surface area contributed by atoms with Gasteiger partial charge in [0, 0.05) is 36.1 Å². The van der Waals surface area contributed by atoms with Crippen LogP contribution in [0.4, 0.5) is 14.5 Å². The number of hydrogen-bond acceptors (Lipinski definition) is 4. The SMILES string of the molecule is Cc1nc(-c2cccc(NC(=O)c3cn(C)nc3-c3ccc(F)cc3F)c2)oc1C. The van der Waals surface area contributed by atoms with Crippen LogP contribution >= 0.6 is 0 Å². The molecule has 2 aromatic carbocycles. The normalized spacial score (nSPS) is 11.0. The third kappa shape index (κ3) is 3.71. The molecule has 1 amide bonds. The maximum atomic E-state index is 14.3. The number of oxazole rings is 1. The minimum atomic E-state index is -0.792. The summed E-state index contributed by atoms with van der Waals surface area (Å²) in [6.07, 6.45) is 1.48. The first-order valence-electron chi connectivity index (χ1n) is 9.16. The van der Waals surface area contributed by atoms with Crippen LogP contribution in [0.5, 0.6) is 0 Å². The van der Waals surface area contributed by atoms with Crippen molar-refractivity contribution in [2.75, 3.05) is 5.32 Å². The van der Waals surface area contributed by atoms with Gasteiger partial charge in [0.1, 0.15) is 23.1 Å². The topological polar surface area (TPSA) is 73.0 Å². The predicted octanol–water partition coefficient (Wildman–Crippen LogP) is 4.89. The monoisotopic (exact) mass is 408 g/mol. The summed E-state index contributed by atoms with van der Waals surface area (Å²) in [7, 11) is 1.62. The summed E-state index contributed by atoms with van der Waals surface area (Å²) in [6, 6.07) is 10.2. The van der Waals surface area contributed by atoms with Gasteiger partial charge in [-0.2, -0.15) is 5.10 Å². The van der Waals surface area contributed by atoms with Gasteiger partial charge in [0.25, 0.3) is 5.91 Å². The third-order valence-electron chi connectivity index (χ3n) is 4.66. The largest absolute Gasteiger partial charge is 0.441 e. The van der Waals surface area contributed by atoms with Crippen molar-refractivity contribution in [1.29, 1.82) is 0 Å². The van der Waals surface area contributed by atoms with Crippen molar-refractivity contribution in [2.45, 2.75) is 13.8 Å². The predicted molar refractivity (Wildman–Crippen MR) is 108 cm³/mol. The highest BCUT2D eigenvalue weighted by molar-refractivity contribution is 6.08. The molecular formula is C22H18F2N4O2. The molecule has 0 saturated heterocycles. The molecule has 8 heteroatoms. The Morgan fingerprint density at radius 1 is 1.13 bits per heavy atom. The van der Waals surface area contributed by atoms with Gasteiger partial charge in [0.2, 0.25) is 5.89 Å². The summed E-state index contributed by atoms with van der Waals surface area (Å²) in [4.78, 5) is 17.3. The number of rotatable bonds is 4. The smallest absolute Gasteiger partial charge is 0.259 e. The summed E-state index contributed by atoms with van der Waals surface area (Å²) in [6.45, 7) is 3.68. The lowest BCUT2D eigenvalue weighted by Crippen LogP contribution is -2.12. The molecular weight excluding hydrogens is 390 g/mol. The first-order valence-corrected chi connectivity index (χ1v) is 9.16. The maximum absolute atomic E-state index is 14.3. The Hall–Kier alpha value is -3.81. The molecule has 0 aliphatic rings. The summed E-state index contributed by atoms with van der Waals surface area (Å²) >= 11 is 0. The van der Waals surface area contributed by atoms with Crippen LogP contribution < -0.4 is 5.32 Å². The van der Waals surface area contributed by atoms with Crippen LogP contribution in [0.3, 0.4) is 0 Å². The maximum Gasteiger partial charge on any atom is 0.259 e. The minimum Gasteiger partial charge on any atom is -0.441 e. The van der Waals surface area contributed by atoms with Gasteiger partial charge in [-0.25, -0.2) is 13.8 Å². The van der Waals surface area contributed by atoms with E-state index < -0.39 is 17.5 Å². The Bertz CT molecular complexity index is 1240. The van der Waals surface area contributed by atoms with E-state index in [1.54, 1.807) is 25.2 Å². The standard InChI is InChI=1S/C22H18F2N4O2/c1-12-13(2)30-22(25-12)14-5-4-6-16(9-14)26-21(29)18-11-28(3)27-20(18)17-8-7-15(23)10-19(17)24/h4-11H,1-3H3,(H,26,29). The summed E-state index contributed by atoms with van der Waals surface area (Å²) < 4.78 is 34.6. The fourth-order valence-corrected chi connectivity index (χ4v) is 3.06. The molecule has 0 aliphatic heterocycles. The molecule has 1 N–H and O–H groups in total. The van der Waals surface area contributed by atoms with Gasteiger partial charge < -0.3 is 9.73 Å². The first-order chi connectivity index (χ1) is 14.3. The molecule has 0 fully saturated rings. The number of anilines is 1. The fraction of sp³-hybridized carbons (Fsp3) is 0.136. The lowest BCUT2D eigenvalue weighted by Gasteiger charge is -2.07. The molecule has 0 radical (unpaired) electrons. The second kappa shape index (κ2) is 7.55. The van der Waals surface area contributed by atoms with Crippen LogP contribution in [0, 0.1) is 25.5 Å². The molecule has 0 unspecified atom stereocenters. The number of nitrogens with one attached hydrogen (secondary N) is 1. The van der Waals surface area contributed by atoms with Gasteiger partial charge in [0.15, 0.2) is 0 Å². The van der Waals surface area contributed by atoms with Crippen LogP contribution in [-0.2, 0) is 7.05 Å². The second-order valence-electron chi connectivity index (χ2n) is 6.88. The molecule has 0 atom stereocenters. The van der Waals surface area contributed by atoms with Crippen molar-refractivity contribution in [3.8, 4) is 22.7 Å². The van der Waals surface area contributed by atoms with Crippen LogP contribution in [0.2, 0.25) is 0 Å². The number of benzene rings is 2. The van der Waals surface area contributed by atoms with Crippen LogP contribution in [-0.4, -0.2) is 20.7 Å². The lowest BCUT2D eigenvalue weighted by molar-refractivity contribution is 0.102. The van der Waals surface area contributed by atoms with E-state index in [2.05, 4.69) is 15.4 Å². The molecule has 0 bridgehead atoms. The number of aromatic nitrogens is 3. The Morgan fingerprint density at radius 2 is 1.93 bits per heavy atom. The molecule has 0 spiro atoms. The average Bonchev–Trinajstić information content (AvgIpc) is 3.24. The number of aryl methyl sites for hydroxylation is 3. The highest BCUT2D eigenvalue weighted by Gasteiger charge is 2.20. The van der Waals surface area contributed by atoms with Gasteiger partial charge in [-0.1, -0.05) is 6.07 Å². The zero-order valence-electron chi connectivity index (χ0n) is 16.5. The fourth-order valence-electron chi connectivity index (χ4n) is 3.06. The van der Waals surface area contributed by atoms with E-state index in [0.29, 0.717) is 17.1 Å². The van der Waals surface area contributed by atoms with E-state index in [1.807, 2.05) is 19.9 Å². The van der Waals surface area contributed by atoms with Crippen molar-refractivity contribution in [2.24, 2.45) is 7.05 Å². The Morgan fingerprint density at radius 3 is 2.63 bits per heavy atom. The average molecular weight is 408 g/mol. The van der Waals surface area contributed by atoms with E-state index >= 15 is 0 Å². The van der Waals surface area contributed by atoms with Crippen LogP contribution in [0.15, 0.2) is 53.1 Å². The highest BCUT2D eigenvalue weighted by Crippen LogP contribution is 2.27. The van der Waals surface area contributed by atoms with E-state index in [4.69, 9.17) is 4.42 Å². The second-order valence-corrected chi connectivity index (χ2v) is 6.88. The Labute approximate surface area is 171 Å². The summed E-state index contributed by atoms with van der Waals surface area (Å²) in [5, 5.41) is 6.97. The molecule has 0 aliphatic carbocycles. The van der Waals surface area contributed by atoms with Gasteiger partial charge in [0.05, 0.1) is 11.3 Å². The lowest BCUT2D eigenvalue weighted by atomic mass is 10.1. The van der Waals surface area contributed by atoms with E-state index in [1.165, 1.54) is 16.9 Å². The third-order valence-corrected chi connectivity index (χ3v) is 4.66. The number of nitrogens with zero attached hydrogens (tertiary/aromatic N) is 3. The molecule has 6 nitrogen and oxygen atoms in total. The summed E-state index contributed by atoms with van der Waals surface area (Å²) in [5.41, 5.74) is 2.35.